The van der Waals surface area contributed by atoms with Crippen LogP contribution >= 0.6 is 0 Å². The summed E-state index contributed by atoms with van der Waals surface area (Å²) >= 11 is 0. The van der Waals surface area contributed by atoms with Gasteiger partial charge in [-0.1, -0.05) is 0 Å². The van der Waals surface area contributed by atoms with E-state index < -0.39 is 23.5 Å². The zero-order valence-corrected chi connectivity index (χ0v) is 7.90. The Morgan fingerprint density at radius 2 is 1.79 bits per heavy atom. The van der Waals surface area contributed by atoms with E-state index in [2.05, 4.69) is 0 Å². The first kappa shape index (κ1) is 11.3. The minimum Gasteiger partial charge on any atom is -0.481 e. The highest BCUT2D eigenvalue weighted by Gasteiger charge is 2.46. The van der Waals surface area contributed by atoms with Gasteiger partial charge in [-0.3, -0.25) is 4.79 Å². The number of alkyl halides is 3. The Hall–Kier alpha value is -0.740. The minimum atomic E-state index is -4.17. The van der Waals surface area contributed by atoms with Gasteiger partial charge < -0.3 is 5.11 Å². The molecule has 0 heterocycles. The molecule has 2 nitrogen and oxygen atoms in total. The number of hydrogen-bond donors (Lipinski definition) is 1. The summed E-state index contributed by atoms with van der Waals surface area (Å²) in [4.78, 5) is 10.8. The lowest BCUT2D eigenvalue weighted by Crippen LogP contribution is -2.36. The third-order valence-electron chi connectivity index (χ3n) is 3.07. The average molecular weight is 210 g/mol. The quantitative estimate of drug-likeness (QED) is 0.722. The number of hydrogen-bond acceptors (Lipinski definition) is 1. The molecule has 1 fully saturated rings. The van der Waals surface area contributed by atoms with Crippen molar-refractivity contribution in [2.24, 2.45) is 11.3 Å². The molecule has 82 valence electrons. The Bertz CT molecular complexity index is 227. The summed E-state index contributed by atoms with van der Waals surface area (Å²) in [5.41, 5.74) is -0.957. The van der Waals surface area contributed by atoms with Gasteiger partial charge in [0.15, 0.2) is 0 Å². The summed E-state index contributed by atoms with van der Waals surface area (Å²) < 4.78 is 36.7. The van der Waals surface area contributed by atoms with Crippen LogP contribution < -0.4 is 0 Å². The lowest BCUT2D eigenvalue weighted by atomic mass is 9.71. The second kappa shape index (κ2) is 3.44. The molecule has 1 aliphatic rings. The fraction of sp³-hybridized carbons (Fsp3) is 0.889. The van der Waals surface area contributed by atoms with E-state index in [0.717, 1.165) is 0 Å². The van der Waals surface area contributed by atoms with Gasteiger partial charge in [-0.25, -0.2) is 0 Å². The van der Waals surface area contributed by atoms with Crippen molar-refractivity contribution >= 4 is 5.97 Å². The number of carboxylic acids is 1. The van der Waals surface area contributed by atoms with E-state index in [1.165, 1.54) is 6.92 Å². The van der Waals surface area contributed by atoms with Crippen LogP contribution in [0.2, 0.25) is 0 Å². The second-order valence-corrected chi connectivity index (χ2v) is 4.18. The van der Waals surface area contributed by atoms with E-state index in [-0.39, 0.29) is 25.7 Å². The molecule has 0 saturated heterocycles. The van der Waals surface area contributed by atoms with Crippen LogP contribution in [0.3, 0.4) is 0 Å². The number of halogens is 3. The largest absolute Gasteiger partial charge is 0.481 e. The summed E-state index contributed by atoms with van der Waals surface area (Å²) in [6, 6.07) is 0. The van der Waals surface area contributed by atoms with Crippen LogP contribution in [0.15, 0.2) is 0 Å². The summed E-state index contributed by atoms with van der Waals surface area (Å²) in [6.07, 6.45) is -4.06. The van der Waals surface area contributed by atoms with E-state index in [1.54, 1.807) is 0 Å². The van der Waals surface area contributed by atoms with Crippen molar-refractivity contribution < 1.29 is 23.1 Å². The van der Waals surface area contributed by atoms with Crippen molar-refractivity contribution in [3.63, 3.8) is 0 Å². The number of carbonyl (C=O) groups is 1. The first-order chi connectivity index (χ1) is 6.26. The fourth-order valence-corrected chi connectivity index (χ4v) is 1.80. The topological polar surface area (TPSA) is 37.3 Å². The van der Waals surface area contributed by atoms with Gasteiger partial charge in [0.1, 0.15) is 0 Å². The predicted octanol–water partition coefficient (Wildman–Crippen LogP) is 2.83. The molecule has 0 aromatic carbocycles. The van der Waals surface area contributed by atoms with Crippen molar-refractivity contribution in [1.29, 1.82) is 0 Å². The Kier molecular flexibility index (Phi) is 2.78. The summed E-state index contributed by atoms with van der Waals surface area (Å²) in [5, 5.41) is 8.81. The molecule has 0 amide bonds. The molecule has 1 aliphatic carbocycles. The molecule has 0 spiro atoms. The Morgan fingerprint density at radius 3 is 2.07 bits per heavy atom. The maximum absolute atomic E-state index is 12.2. The molecule has 1 saturated carbocycles. The number of rotatable bonds is 1. The minimum absolute atomic E-state index is 0.0632. The van der Waals surface area contributed by atoms with Crippen LogP contribution in [0.25, 0.3) is 0 Å². The molecule has 5 heteroatoms. The molecular weight excluding hydrogens is 197 g/mol. The second-order valence-electron chi connectivity index (χ2n) is 4.18. The lowest BCUT2D eigenvalue weighted by Gasteiger charge is -2.34. The smallest absolute Gasteiger partial charge is 0.391 e. The molecule has 0 bridgehead atoms. The molecular formula is C9H13F3O2. The molecule has 0 aromatic heterocycles. The SMILES string of the molecule is CC1(C(=O)O)CCC(C(F)(F)F)CC1. The van der Waals surface area contributed by atoms with Crippen LogP contribution in [0.1, 0.15) is 32.6 Å². The predicted molar refractivity (Wildman–Crippen MR) is 43.8 cm³/mol. The highest BCUT2D eigenvalue weighted by Crippen LogP contribution is 2.44. The lowest BCUT2D eigenvalue weighted by molar-refractivity contribution is -0.190. The average Bonchev–Trinajstić information content (AvgIpc) is 2.03. The third kappa shape index (κ3) is 2.19. The normalized spacial score (nSPS) is 34.1. The van der Waals surface area contributed by atoms with Crippen molar-refractivity contribution in [2.75, 3.05) is 0 Å². The van der Waals surface area contributed by atoms with Crippen molar-refractivity contribution in [3.8, 4) is 0 Å². The van der Waals surface area contributed by atoms with Gasteiger partial charge in [0, 0.05) is 0 Å². The first-order valence-corrected chi connectivity index (χ1v) is 4.56. The van der Waals surface area contributed by atoms with Crippen LogP contribution in [0.5, 0.6) is 0 Å². The maximum atomic E-state index is 12.2. The van der Waals surface area contributed by atoms with E-state index >= 15 is 0 Å². The van der Waals surface area contributed by atoms with Gasteiger partial charge in [0.05, 0.1) is 11.3 Å². The zero-order valence-electron chi connectivity index (χ0n) is 7.90. The Morgan fingerprint density at radius 1 is 1.36 bits per heavy atom. The van der Waals surface area contributed by atoms with E-state index in [9.17, 15) is 18.0 Å². The third-order valence-corrected chi connectivity index (χ3v) is 3.07. The summed E-state index contributed by atoms with van der Waals surface area (Å²) in [5.74, 6) is -2.30. The van der Waals surface area contributed by atoms with Crippen LogP contribution in [-0.4, -0.2) is 17.3 Å². The van der Waals surface area contributed by atoms with Crippen LogP contribution in [-0.2, 0) is 4.79 Å². The van der Waals surface area contributed by atoms with Gasteiger partial charge in [0.2, 0.25) is 0 Å². The number of aliphatic carboxylic acids is 1. The van der Waals surface area contributed by atoms with Gasteiger partial charge in [-0.15, -0.1) is 0 Å². The van der Waals surface area contributed by atoms with Gasteiger partial charge in [-0.2, -0.15) is 13.2 Å². The molecule has 0 radical (unpaired) electrons. The van der Waals surface area contributed by atoms with Gasteiger partial charge >= 0.3 is 12.1 Å². The van der Waals surface area contributed by atoms with Crippen molar-refractivity contribution in [3.05, 3.63) is 0 Å². The zero-order chi connectivity index (χ0) is 11.0. The van der Waals surface area contributed by atoms with Gasteiger partial charge in [-0.05, 0) is 32.6 Å². The highest BCUT2D eigenvalue weighted by atomic mass is 19.4. The molecule has 1 rings (SSSR count). The van der Waals surface area contributed by atoms with Crippen molar-refractivity contribution in [1.82, 2.24) is 0 Å². The van der Waals surface area contributed by atoms with Crippen molar-refractivity contribution in [2.45, 2.75) is 38.8 Å². The van der Waals surface area contributed by atoms with Crippen LogP contribution in [0.4, 0.5) is 13.2 Å². The molecule has 0 aromatic rings. The summed E-state index contributed by atoms with van der Waals surface area (Å²) in [7, 11) is 0. The van der Waals surface area contributed by atoms with Gasteiger partial charge in [0.25, 0.3) is 0 Å². The van der Waals surface area contributed by atoms with E-state index in [4.69, 9.17) is 5.11 Å². The molecule has 14 heavy (non-hydrogen) atoms. The summed E-state index contributed by atoms with van der Waals surface area (Å²) in [6.45, 7) is 1.52. The Labute approximate surface area is 80.1 Å². The number of carboxylic acid groups (broad SMARTS) is 1. The molecule has 1 N–H and O–H groups in total. The molecule has 0 aliphatic heterocycles. The maximum Gasteiger partial charge on any atom is 0.391 e. The van der Waals surface area contributed by atoms with Crippen LogP contribution in [0, 0.1) is 11.3 Å². The fourth-order valence-electron chi connectivity index (χ4n) is 1.80. The Balaban J connectivity index is 2.59. The monoisotopic (exact) mass is 210 g/mol. The molecule has 0 unspecified atom stereocenters. The highest BCUT2D eigenvalue weighted by molar-refractivity contribution is 5.74. The van der Waals surface area contributed by atoms with E-state index in [0.29, 0.717) is 0 Å². The van der Waals surface area contributed by atoms with E-state index in [1.807, 2.05) is 0 Å². The standard InChI is InChI=1S/C9H13F3O2/c1-8(7(13)14)4-2-6(3-5-8)9(10,11)12/h6H,2-5H2,1H3,(H,13,14). The first-order valence-electron chi connectivity index (χ1n) is 4.56. The molecule has 0 atom stereocenters.